The van der Waals surface area contributed by atoms with Crippen molar-refractivity contribution in [3.8, 4) is 0 Å². The molecule has 1 heterocycles. The van der Waals surface area contributed by atoms with E-state index in [0.717, 1.165) is 6.20 Å². The predicted molar refractivity (Wildman–Crippen MR) is 53.1 cm³/mol. The zero-order valence-electron chi connectivity index (χ0n) is 8.24. The third-order valence-corrected chi connectivity index (χ3v) is 1.75. The van der Waals surface area contributed by atoms with Crippen LogP contribution in [-0.4, -0.2) is 46.5 Å². The first-order chi connectivity index (χ1) is 7.21. The van der Waals surface area contributed by atoms with Gasteiger partial charge in [0.05, 0.1) is 25.5 Å². The number of nitrogens with zero attached hydrogens (tertiary/aromatic N) is 2. The second kappa shape index (κ2) is 5.42. The lowest BCUT2D eigenvalue weighted by atomic mass is 10.3. The Morgan fingerprint density at radius 3 is 2.67 bits per heavy atom. The monoisotopic (exact) mass is 216 g/mol. The van der Waals surface area contributed by atoms with Crippen LogP contribution in [0.15, 0.2) is 6.20 Å². The third kappa shape index (κ3) is 3.00. The van der Waals surface area contributed by atoms with Crippen LogP contribution in [0.1, 0.15) is 0 Å². The summed E-state index contributed by atoms with van der Waals surface area (Å²) in [5.74, 6) is -0.433. The lowest BCUT2D eigenvalue weighted by Crippen LogP contribution is -2.28. The fraction of sp³-hybridized carbons (Fsp3) is 0.500. The molecule has 0 aliphatic carbocycles. The molecule has 15 heavy (non-hydrogen) atoms. The molecule has 4 N–H and O–H groups in total. The minimum absolute atomic E-state index is 0.0533. The Morgan fingerprint density at radius 2 is 2.13 bits per heavy atom. The van der Waals surface area contributed by atoms with Crippen LogP contribution >= 0.6 is 0 Å². The molecule has 0 atom stereocenters. The van der Waals surface area contributed by atoms with E-state index in [2.05, 4.69) is 20.6 Å². The summed E-state index contributed by atoms with van der Waals surface area (Å²) in [4.78, 5) is 7.45. The van der Waals surface area contributed by atoms with Crippen LogP contribution in [0.3, 0.4) is 0 Å². The van der Waals surface area contributed by atoms with Crippen LogP contribution in [0.4, 0.5) is 16.2 Å². The van der Waals surface area contributed by atoms with E-state index in [-0.39, 0.29) is 25.0 Å². The fourth-order valence-electron chi connectivity index (χ4n) is 0.931. The van der Waals surface area contributed by atoms with Gasteiger partial charge in [0.15, 0.2) is 11.6 Å². The molecule has 7 heteroatoms. The highest BCUT2D eigenvalue weighted by atomic mass is 19.1. The van der Waals surface area contributed by atoms with Crippen molar-refractivity contribution in [2.75, 3.05) is 30.9 Å². The Kier molecular flexibility index (Phi) is 4.19. The number of nitrogens with one attached hydrogen (secondary N) is 2. The van der Waals surface area contributed by atoms with E-state index in [1.165, 1.54) is 0 Å². The van der Waals surface area contributed by atoms with E-state index in [4.69, 9.17) is 10.2 Å². The Bertz CT molecular complexity index is 320. The molecule has 0 radical (unpaired) electrons. The summed E-state index contributed by atoms with van der Waals surface area (Å²) in [5.41, 5.74) is 0. The van der Waals surface area contributed by atoms with Gasteiger partial charge >= 0.3 is 0 Å². The van der Waals surface area contributed by atoms with Gasteiger partial charge in [0.1, 0.15) is 0 Å². The molecular formula is C8H13FN4O2. The first kappa shape index (κ1) is 11.6. The average molecular weight is 216 g/mol. The number of aliphatic hydroxyl groups is 2. The van der Waals surface area contributed by atoms with Crippen LogP contribution < -0.4 is 10.6 Å². The topological polar surface area (TPSA) is 90.3 Å². The minimum Gasteiger partial charge on any atom is -0.394 e. The van der Waals surface area contributed by atoms with Gasteiger partial charge in [0.25, 0.3) is 0 Å². The molecule has 1 rings (SSSR count). The second-order valence-corrected chi connectivity index (χ2v) is 2.85. The summed E-state index contributed by atoms with van der Waals surface area (Å²) in [6.07, 6.45) is 1.01. The second-order valence-electron chi connectivity index (χ2n) is 2.85. The summed E-state index contributed by atoms with van der Waals surface area (Å²) in [6, 6.07) is -0.640. The molecule has 0 aromatic carbocycles. The quantitative estimate of drug-likeness (QED) is 0.526. The van der Waals surface area contributed by atoms with Crippen molar-refractivity contribution in [2.24, 2.45) is 0 Å². The van der Waals surface area contributed by atoms with Crippen molar-refractivity contribution >= 4 is 11.8 Å². The number of hydrogen-bond donors (Lipinski definition) is 4. The van der Waals surface area contributed by atoms with Crippen LogP contribution in [0.25, 0.3) is 0 Å². The van der Waals surface area contributed by atoms with Crippen molar-refractivity contribution in [1.82, 2.24) is 9.97 Å². The molecule has 84 valence electrons. The van der Waals surface area contributed by atoms with Crippen molar-refractivity contribution in [3.05, 3.63) is 12.0 Å². The molecule has 0 aliphatic heterocycles. The van der Waals surface area contributed by atoms with Crippen LogP contribution in [0, 0.1) is 5.82 Å². The maximum Gasteiger partial charge on any atom is 0.224 e. The lowest BCUT2D eigenvalue weighted by Gasteiger charge is -2.14. The molecule has 0 bridgehead atoms. The smallest absolute Gasteiger partial charge is 0.224 e. The molecule has 0 spiro atoms. The van der Waals surface area contributed by atoms with Crippen molar-refractivity contribution in [3.63, 3.8) is 0 Å². The maximum atomic E-state index is 13.2. The van der Waals surface area contributed by atoms with Gasteiger partial charge in [0, 0.05) is 7.05 Å². The van der Waals surface area contributed by atoms with Gasteiger partial charge in [-0.2, -0.15) is 4.98 Å². The first-order valence-electron chi connectivity index (χ1n) is 4.39. The van der Waals surface area contributed by atoms with E-state index in [1.807, 2.05) is 0 Å². The lowest BCUT2D eigenvalue weighted by molar-refractivity contribution is 0.203. The van der Waals surface area contributed by atoms with E-state index < -0.39 is 11.9 Å². The zero-order valence-corrected chi connectivity index (χ0v) is 8.24. The number of aliphatic hydroxyl groups excluding tert-OH is 2. The number of aromatic nitrogens is 2. The summed E-state index contributed by atoms with van der Waals surface area (Å²) in [7, 11) is 1.60. The Balaban J connectivity index is 2.82. The number of halogens is 1. The van der Waals surface area contributed by atoms with Gasteiger partial charge in [-0.1, -0.05) is 0 Å². The highest BCUT2D eigenvalue weighted by Gasteiger charge is 2.11. The molecule has 1 aromatic rings. The Labute approximate surface area is 86.2 Å². The molecule has 1 aromatic heterocycles. The highest BCUT2D eigenvalue weighted by Crippen LogP contribution is 2.12. The highest BCUT2D eigenvalue weighted by molar-refractivity contribution is 5.41. The van der Waals surface area contributed by atoms with Gasteiger partial charge in [-0.15, -0.1) is 0 Å². The predicted octanol–water partition coefficient (Wildman–Crippen LogP) is -0.578. The molecular weight excluding hydrogens is 203 g/mol. The molecule has 0 saturated heterocycles. The molecule has 0 amide bonds. The first-order valence-corrected chi connectivity index (χ1v) is 4.39. The third-order valence-electron chi connectivity index (χ3n) is 1.75. The van der Waals surface area contributed by atoms with Gasteiger partial charge in [-0.05, 0) is 0 Å². The van der Waals surface area contributed by atoms with E-state index in [0.29, 0.717) is 0 Å². The number of hydrogen-bond acceptors (Lipinski definition) is 6. The summed E-state index contributed by atoms with van der Waals surface area (Å²) in [5, 5.41) is 22.8. The summed E-state index contributed by atoms with van der Waals surface area (Å²) < 4.78 is 13.2. The summed E-state index contributed by atoms with van der Waals surface area (Å²) >= 11 is 0. The number of anilines is 2. The van der Waals surface area contributed by atoms with Crippen LogP contribution in [0.2, 0.25) is 0 Å². The molecule has 6 nitrogen and oxygen atoms in total. The zero-order chi connectivity index (χ0) is 11.3. The SMILES string of the molecule is CNc1ncc(F)c(NC(CO)CO)n1. The Morgan fingerprint density at radius 1 is 1.47 bits per heavy atom. The van der Waals surface area contributed by atoms with E-state index >= 15 is 0 Å². The molecule has 0 unspecified atom stereocenters. The van der Waals surface area contributed by atoms with Crippen molar-refractivity contribution < 1.29 is 14.6 Å². The largest absolute Gasteiger partial charge is 0.394 e. The van der Waals surface area contributed by atoms with E-state index in [1.54, 1.807) is 7.05 Å². The normalized spacial score (nSPS) is 10.5. The van der Waals surface area contributed by atoms with Gasteiger partial charge in [0.2, 0.25) is 5.95 Å². The van der Waals surface area contributed by atoms with Crippen molar-refractivity contribution in [2.45, 2.75) is 6.04 Å². The Hall–Kier alpha value is -1.47. The maximum absolute atomic E-state index is 13.2. The van der Waals surface area contributed by atoms with E-state index in [9.17, 15) is 4.39 Å². The molecule has 0 aliphatic rings. The van der Waals surface area contributed by atoms with Gasteiger partial charge in [-0.25, -0.2) is 9.37 Å². The fourth-order valence-corrected chi connectivity index (χ4v) is 0.931. The average Bonchev–Trinajstić information content (AvgIpc) is 2.28. The number of rotatable bonds is 5. The minimum atomic E-state index is -0.640. The summed E-state index contributed by atoms with van der Waals surface area (Å²) in [6.45, 7) is -0.621. The van der Waals surface area contributed by atoms with Gasteiger partial charge in [-0.3, -0.25) is 0 Å². The molecule has 0 fully saturated rings. The standard InChI is InChI=1S/C8H13FN4O2/c1-10-8-11-2-6(9)7(13-8)12-5(3-14)4-15/h2,5,14-15H,3-4H2,1H3,(H2,10,11,12,13). The molecule has 0 saturated carbocycles. The van der Waals surface area contributed by atoms with Gasteiger partial charge < -0.3 is 20.8 Å². The van der Waals surface area contributed by atoms with Crippen molar-refractivity contribution in [1.29, 1.82) is 0 Å². The van der Waals surface area contributed by atoms with Crippen LogP contribution in [-0.2, 0) is 0 Å². The van der Waals surface area contributed by atoms with Crippen LogP contribution in [0.5, 0.6) is 0 Å².